The zero-order valence-corrected chi connectivity index (χ0v) is 23.1. The number of carbonyl (C=O) groups excluding carboxylic acids is 1. The summed E-state index contributed by atoms with van der Waals surface area (Å²) in [6.45, 7) is -0.562. The van der Waals surface area contributed by atoms with Crippen LogP contribution in [0, 0.1) is 0 Å². The number of benzene rings is 3. The van der Waals surface area contributed by atoms with Crippen molar-refractivity contribution in [2.24, 2.45) is 5.10 Å². The molecule has 3 aromatic carbocycles. The Morgan fingerprint density at radius 2 is 1.72 bits per heavy atom. The number of sulfonamides is 1. The molecule has 0 saturated carbocycles. The van der Waals surface area contributed by atoms with E-state index in [0.29, 0.717) is 38.6 Å². The van der Waals surface area contributed by atoms with E-state index in [-0.39, 0.29) is 10.6 Å². The number of anilines is 1. The summed E-state index contributed by atoms with van der Waals surface area (Å²) in [6, 6.07) is 20.7. The van der Waals surface area contributed by atoms with Crippen LogP contribution in [0.15, 0.2) is 93.3 Å². The molecule has 0 saturated heterocycles. The minimum Gasteiger partial charge on any atom is -0.493 e. The number of hydrogen-bond acceptors (Lipinski definition) is 7. The number of nitrogens with zero attached hydrogens (tertiary/aromatic N) is 2. The van der Waals surface area contributed by atoms with Gasteiger partial charge in [-0.2, -0.15) is 5.10 Å². The lowest BCUT2D eigenvalue weighted by Gasteiger charge is -2.24. The number of furan rings is 1. The monoisotopic (exact) mass is 587 g/mol. The molecular formula is C27H23Cl2N3O6S. The number of amides is 1. The lowest BCUT2D eigenvalue weighted by molar-refractivity contribution is -0.119. The number of ether oxygens (including phenoxy) is 2. The molecule has 39 heavy (non-hydrogen) atoms. The van der Waals surface area contributed by atoms with Gasteiger partial charge in [0.15, 0.2) is 11.5 Å². The first-order valence-electron chi connectivity index (χ1n) is 11.4. The molecule has 0 atom stereocenters. The quantitative estimate of drug-likeness (QED) is 0.190. The maximum atomic E-state index is 13.5. The lowest BCUT2D eigenvalue weighted by atomic mass is 10.2. The van der Waals surface area contributed by atoms with Gasteiger partial charge in [0, 0.05) is 16.7 Å². The minimum atomic E-state index is -4.12. The van der Waals surface area contributed by atoms with Crippen LogP contribution in [-0.2, 0) is 14.8 Å². The van der Waals surface area contributed by atoms with Crippen LogP contribution in [0.3, 0.4) is 0 Å². The third-order valence-electron chi connectivity index (χ3n) is 5.48. The molecule has 0 aliphatic heterocycles. The second-order valence-corrected chi connectivity index (χ2v) is 10.7. The summed E-state index contributed by atoms with van der Waals surface area (Å²) in [4.78, 5) is 12.8. The molecule has 0 aliphatic carbocycles. The highest BCUT2D eigenvalue weighted by molar-refractivity contribution is 7.92. The van der Waals surface area contributed by atoms with E-state index in [1.165, 1.54) is 44.7 Å². The van der Waals surface area contributed by atoms with Crippen molar-refractivity contribution in [3.8, 4) is 22.8 Å². The highest BCUT2D eigenvalue weighted by Gasteiger charge is 2.28. The van der Waals surface area contributed by atoms with E-state index in [0.717, 1.165) is 4.31 Å². The van der Waals surface area contributed by atoms with Crippen LogP contribution < -0.4 is 19.2 Å². The highest BCUT2D eigenvalue weighted by atomic mass is 35.5. The smallest absolute Gasteiger partial charge is 0.264 e. The number of carbonyl (C=O) groups is 1. The van der Waals surface area contributed by atoms with Crippen molar-refractivity contribution < 1.29 is 27.1 Å². The van der Waals surface area contributed by atoms with E-state index >= 15 is 0 Å². The Morgan fingerprint density at radius 1 is 0.974 bits per heavy atom. The summed E-state index contributed by atoms with van der Waals surface area (Å²) in [5.74, 6) is 0.845. The number of rotatable bonds is 10. The maximum Gasteiger partial charge on any atom is 0.264 e. The van der Waals surface area contributed by atoms with E-state index in [9.17, 15) is 13.2 Å². The molecule has 0 aliphatic rings. The molecule has 1 heterocycles. The summed E-state index contributed by atoms with van der Waals surface area (Å²) >= 11 is 12.2. The fourth-order valence-electron chi connectivity index (χ4n) is 3.60. The Balaban J connectivity index is 1.54. The van der Waals surface area contributed by atoms with Crippen LogP contribution in [0.1, 0.15) is 5.76 Å². The van der Waals surface area contributed by atoms with Gasteiger partial charge in [0.25, 0.3) is 15.9 Å². The first-order valence-corrected chi connectivity index (χ1v) is 13.6. The molecule has 0 fully saturated rings. The summed E-state index contributed by atoms with van der Waals surface area (Å²) in [5.41, 5.74) is 3.18. The third kappa shape index (κ3) is 6.54. The molecule has 0 unspecified atom stereocenters. The molecule has 0 spiro atoms. The van der Waals surface area contributed by atoms with Crippen molar-refractivity contribution in [1.82, 2.24) is 5.43 Å². The Hall–Kier alpha value is -3.99. The average molecular weight is 588 g/mol. The van der Waals surface area contributed by atoms with Gasteiger partial charge in [-0.1, -0.05) is 41.4 Å². The van der Waals surface area contributed by atoms with Crippen LogP contribution in [0.5, 0.6) is 11.5 Å². The van der Waals surface area contributed by atoms with Crippen LogP contribution in [-0.4, -0.2) is 41.3 Å². The van der Waals surface area contributed by atoms with E-state index < -0.39 is 22.5 Å². The van der Waals surface area contributed by atoms with Gasteiger partial charge in [-0.05, 0) is 54.6 Å². The lowest BCUT2D eigenvalue weighted by Crippen LogP contribution is -2.39. The molecule has 12 heteroatoms. The Bertz CT molecular complexity index is 1610. The largest absolute Gasteiger partial charge is 0.493 e. The summed E-state index contributed by atoms with van der Waals surface area (Å²) in [5, 5.41) is 4.83. The van der Waals surface area contributed by atoms with Gasteiger partial charge in [-0.25, -0.2) is 13.8 Å². The number of nitrogens with one attached hydrogen (secondary N) is 1. The molecule has 0 bridgehead atoms. The third-order valence-corrected chi connectivity index (χ3v) is 7.81. The molecule has 1 aromatic heterocycles. The second kappa shape index (κ2) is 12.2. The SMILES string of the molecule is COc1ccc(N(CC(=O)N/N=C/c2ccc(-c3ccc(Cl)cc3Cl)o2)S(=O)(=O)c2ccccc2)cc1OC. The van der Waals surface area contributed by atoms with Crippen LogP contribution in [0.2, 0.25) is 10.0 Å². The van der Waals surface area contributed by atoms with Crippen LogP contribution in [0.4, 0.5) is 5.69 Å². The fourth-order valence-corrected chi connectivity index (χ4v) is 5.54. The minimum absolute atomic E-state index is 0.0139. The molecular weight excluding hydrogens is 565 g/mol. The Morgan fingerprint density at radius 3 is 2.41 bits per heavy atom. The summed E-state index contributed by atoms with van der Waals surface area (Å²) in [7, 11) is -1.23. The van der Waals surface area contributed by atoms with Gasteiger partial charge >= 0.3 is 0 Å². The molecule has 1 amide bonds. The first-order chi connectivity index (χ1) is 18.7. The van der Waals surface area contributed by atoms with Gasteiger partial charge in [0.1, 0.15) is 18.1 Å². The van der Waals surface area contributed by atoms with E-state index in [2.05, 4.69) is 10.5 Å². The van der Waals surface area contributed by atoms with E-state index in [4.69, 9.17) is 37.1 Å². The molecule has 4 aromatic rings. The summed E-state index contributed by atoms with van der Waals surface area (Å²) in [6.07, 6.45) is 1.29. The van der Waals surface area contributed by atoms with Gasteiger partial charge in [-0.15, -0.1) is 0 Å². The Labute approximate surface area is 235 Å². The second-order valence-electron chi connectivity index (χ2n) is 7.98. The van der Waals surface area contributed by atoms with Crippen molar-refractivity contribution in [3.05, 3.63) is 94.7 Å². The number of hydrazone groups is 1. The van der Waals surface area contributed by atoms with Crippen molar-refractivity contribution >= 4 is 51.0 Å². The molecule has 9 nitrogen and oxygen atoms in total. The van der Waals surface area contributed by atoms with Crippen molar-refractivity contribution in [1.29, 1.82) is 0 Å². The Kier molecular flexibility index (Phi) is 8.80. The predicted octanol–water partition coefficient (Wildman–Crippen LogP) is 5.62. The van der Waals surface area contributed by atoms with E-state index in [1.54, 1.807) is 54.6 Å². The standard InChI is InChI=1S/C27H23Cl2N3O6S/c1-36-25-12-9-19(15-26(25)37-2)32(39(34,35)21-6-4-3-5-7-21)17-27(33)31-30-16-20-10-13-24(38-20)22-11-8-18(28)14-23(22)29/h3-16H,17H2,1-2H3,(H,31,33)/b30-16+. The van der Waals surface area contributed by atoms with Crippen molar-refractivity contribution in [2.75, 3.05) is 25.1 Å². The van der Waals surface area contributed by atoms with Crippen LogP contribution >= 0.6 is 23.2 Å². The van der Waals surface area contributed by atoms with Crippen molar-refractivity contribution in [3.63, 3.8) is 0 Å². The molecule has 4 rings (SSSR count). The molecule has 202 valence electrons. The van der Waals surface area contributed by atoms with Gasteiger partial charge < -0.3 is 13.9 Å². The predicted molar refractivity (Wildman–Crippen MR) is 150 cm³/mol. The number of hydrogen-bond donors (Lipinski definition) is 1. The number of methoxy groups -OCH3 is 2. The molecule has 1 N–H and O–H groups in total. The summed E-state index contributed by atoms with van der Waals surface area (Å²) < 4.78 is 44.3. The van der Waals surface area contributed by atoms with E-state index in [1.807, 2.05) is 0 Å². The molecule has 0 radical (unpaired) electrons. The first kappa shape index (κ1) is 28.0. The number of halogens is 2. The van der Waals surface area contributed by atoms with Gasteiger partial charge in [0.05, 0.1) is 36.0 Å². The highest BCUT2D eigenvalue weighted by Crippen LogP contribution is 2.34. The average Bonchev–Trinajstić information content (AvgIpc) is 3.40. The van der Waals surface area contributed by atoms with Gasteiger partial charge in [0.2, 0.25) is 0 Å². The van der Waals surface area contributed by atoms with Gasteiger partial charge in [-0.3, -0.25) is 9.10 Å². The fraction of sp³-hybridized carbons (Fsp3) is 0.111. The topological polar surface area (TPSA) is 110 Å². The zero-order valence-electron chi connectivity index (χ0n) is 20.8. The zero-order chi connectivity index (χ0) is 28.0. The van der Waals surface area contributed by atoms with Crippen LogP contribution in [0.25, 0.3) is 11.3 Å². The normalized spacial score (nSPS) is 11.4. The van der Waals surface area contributed by atoms with Crippen molar-refractivity contribution in [2.45, 2.75) is 4.90 Å². The maximum absolute atomic E-state index is 13.5.